The van der Waals surface area contributed by atoms with Gasteiger partial charge in [0.2, 0.25) is 0 Å². The van der Waals surface area contributed by atoms with Gasteiger partial charge in [-0.05, 0) is 32.0 Å². The lowest BCUT2D eigenvalue weighted by Crippen LogP contribution is -2.34. The highest BCUT2D eigenvalue weighted by Crippen LogP contribution is 2.24. The molecule has 26 heavy (non-hydrogen) atoms. The van der Waals surface area contributed by atoms with Crippen LogP contribution in [0.1, 0.15) is 12.1 Å². The van der Waals surface area contributed by atoms with Crippen LogP contribution in [-0.2, 0) is 14.8 Å². The lowest BCUT2D eigenvalue weighted by Gasteiger charge is -2.27. The zero-order chi connectivity index (χ0) is 19.2. The number of rotatable bonds is 5. The number of hydrogen-bond donors (Lipinski definition) is 3. The predicted molar refractivity (Wildman–Crippen MR) is 100 cm³/mol. The highest BCUT2D eigenvalue weighted by molar-refractivity contribution is 7.92. The van der Waals surface area contributed by atoms with Crippen LogP contribution in [0, 0.1) is 6.92 Å². The molecule has 0 bridgehead atoms. The Morgan fingerprint density at radius 3 is 2.73 bits per heavy atom. The van der Waals surface area contributed by atoms with Crippen LogP contribution in [0.2, 0.25) is 0 Å². The SMILES string of the molecule is Cc1nc(S(=O)(=O)Nc2cscn2)ccc1N(C)C1CCNC1.O=CO. The molecule has 142 valence electrons. The number of anilines is 2. The highest BCUT2D eigenvalue weighted by Gasteiger charge is 2.23. The van der Waals surface area contributed by atoms with Gasteiger partial charge in [-0.1, -0.05) is 0 Å². The number of carbonyl (C=O) groups is 1. The Morgan fingerprint density at radius 2 is 2.19 bits per heavy atom. The summed E-state index contributed by atoms with van der Waals surface area (Å²) >= 11 is 1.33. The molecule has 1 aliphatic rings. The normalized spacial score (nSPS) is 16.5. The summed E-state index contributed by atoms with van der Waals surface area (Å²) in [5, 5.41) is 11.9. The molecule has 0 aliphatic carbocycles. The standard InChI is InChI=1S/C14H19N5O2S2.CH2O2/c1-10-12(19(2)11-5-6-15-7-11)3-4-14(17-10)23(20,21)18-13-8-22-9-16-13;2-1-3/h3-4,8-9,11,15,18H,5-7H2,1-2H3;1H,(H,2,3). The van der Waals surface area contributed by atoms with Crippen molar-refractivity contribution in [2.45, 2.75) is 24.4 Å². The molecular weight excluding hydrogens is 378 g/mol. The molecule has 0 spiro atoms. The van der Waals surface area contributed by atoms with E-state index in [4.69, 9.17) is 9.90 Å². The number of likely N-dealkylation sites (N-methyl/N-ethyl adjacent to an activating group) is 1. The monoisotopic (exact) mass is 399 g/mol. The Bertz CT molecular complexity index is 821. The maximum absolute atomic E-state index is 12.4. The van der Waals surface area contributed by atoms with Gasteiger partial charge in [-0.3, -0.25) is 9.52 Å². The second-order valence-corrected chi connectivity index (χ2v) is 7.94. The fraction of sp³-hybridized carbons (Fsp3) is 0.400. The Morgan fingerprint density at radius 1 is 1.46 bits per heavy atom. The number of thiazole rings is 1. The number of aryl methyl sites for hydroxylation is 1. The van der Waals surface area contributed by atoms with E-state index in [9.17, 15) is 8.42 Å². The zero-order valence-corrected chi connectivity index (χ0v) is 16.0. The van der Waals surface area contributed by atoms with Crippen LogP contribution in [0.5, 0.6) is 0 Å². The van der Waals surface area contributed by atoms with Gasteiger partial charge in [0.15, 0.2) is 10.8 Å². The molecule has 3 heterocycles. The molecule has 1 atom stereocenters. The molecule has 0 aromatic carbocycles. The maximum atomic E-state index is 12.4. The number of aromatic nitrogens is 2. The smallest absolute Gasteiger partial charge is 0.290 e. The molecule has 2 aromatic heterocycles. The van der Waals surface area contributed by atoms with Crippen molar-refractivity contribution in [3.63, 3.8) is 0 Å². The van der Waals surface area contributed by atoms with E-state index in [0.717, 1.165) is 25.2 Å². The van der Waals surface area contributed by atoms with Gasteiger partial charge in [-0.25, -0.2) is 9.97 Å². The Balaban J connectivity index is 0.000000758. The first-order valence-electron chi connectivity index (χ1n) is 7.79. The molecular formula is C15H21N5O4S2. The predicted octanol–water partition coefficient (Wildman–Crippen LogP) is 1.15. The van der Waals surface area contributed by atoms with Crippen molar-refractivity contribution in [1.82, 2.24) is 15.3 Å². The third kappa shape index (κ3) is 4.90. The average Bonchev–Trinajstić information content (AvgIpc) is 3.28. The third-order valence-electron chi connectivity index (χ3n) is 3.94. The van der Waals surface area contributed by atoms with Crippen LogP contribution in [-0.4, -0.2) is 56.1 Å². The minimum absolute atomic E-state index is 0.00435. The van der Waals surface area contributed by atoms with E-state index in [1.54, 1.807) is 10.9 Å². The average molecular weight is 399 g/mol. The number of nitrogens with one attached hydrogen (secondary N) is 2. The van der Waals surface area contributed by atoms with Gasteiger partial charge < -0.3 is 15.3 Å². The Hall–Kier alpha value is -2.24. The Labute approximate surface area is 156 Å². The lowest BCUT2D eigenvalue weighted by atomic mass is 10.2. The summed E-state index contributed by atoms with van der Waals surface area (Å²) in [5.74, 6) is 0.313. The second kappa shape index (κ2) is 8.92. The summed E-state index contributed by atoms with van der Waals surface area (Å²) in [5.41, 5.74) is 3.22. The number of sulfonamides is 1. The topological polar surface area (TPSA) is 125 Å². The van der Waals surface area contributed by atoms with Gasteiger partial charge in [0.05, 0.1) is 16.9 Å². The summed E-state index contributed by atoms with van der Waals surface area (Å²) in [7, 11) is -1.70. The van der Waals surface area contributed by atoms with Crippen molar-refractivity contribution in [1.29, 1.82) is 0 Å². The fourth-order valence-corrected chi connectivity index (χ4v) is 4.23. The molecule has 1 aliphatic heterocycles. The molecule has 3 N–H and O–H groups in total. The van der Waals surface area contributed by atoms with Crippen molar-refractivity contribution < 1.29 is 18.3 Å². The molecule has 0 amide bonds. The van der Waals surface area contributed by atoms with Crippen LogP contribution in [0.15, 0.2) is 28.0 Å². The van der Waals surface area contributed by atoms with Crippen molar-refractivity contribution in [3.8, 4) is 0 Å². The molecule has 0 saturated carbocycles. The van der Waals surface area contributed by atoms with E-state index in [1.165, 1.54) is 17.4 Å². The number of carboxylic acid groups (broad SMARTS) is 1. The molecule has 1 unspecified atom stereocenters. The maximum Gasteiger partial charge on any atom is 0.290 e. The number of pyridine rings is 1. The zero-order valence-electron chi connectivity index (χ0n) is 14.4. The first-order valence-corrected chi connectivity index (χ1v) is 10.2. The van der Waals surface area contributed by atoms with Gasteiger partial charge in [-0.2, -0.15) is 8.42 Å². The molecule has 11 heteroatoms. The van der Waals surface area contributed by atoms with E-state index >= 15 is 0 Å². The van der Waals surface area contributed by atoms with Crippen LogP contribution in [0.3, 0.4) is 0 Å². The minimum Gasteiger partial charge on any atom is -0.483 e. The summed E-state index contributed by atoms with van der Waals surface area (Å²) in [4.78, 5) is 18.7. The summed E-state index contributed by atoms with van der Waals surface area (Å²) in [6.45, 7) is 3.52. The van der Waals surface area contributed by atoms with Gasteiger partial charge in [0, 0.05) is 25.0 Å². The van der Waals surface area contributed by atoms with E-state index in [2.05, 4.69) is 24.9 Å². The summed E-state index contributed by atoms with van der Waals surface area (Å²) in [6, 6.07) is 3.76. The van der Waals surface area contributed by atoms with Crippen molar-refractivity contribution in [2.24, 2.45) is 0 Å². The number of nitrogens with zero attached hydrogens (tertiary/aromatic N) is 3. The van der Waals surface area contributed by atoms with E-state index in [0.29, 0.717) is 17.6 Å². The van der Waals surface area contributed by atoms with Crippen LogP contribution in [0.4, 0.5) is 11.5 Å². The van der Waals surface area contributed by atoms with Gasteiger partial charge >= 0.3 is 0 Å². The van der Waals surface area contributed by atoms with Gasteiger partial charge in [0.1, 0.15) is 0 Å². The van der Waals surface area contributed by atoms with E-state index in [-0.39, 0.29) is 11.5 Å². The first-order chi connectivity index (χ1) is 12.4. The van der Waals surface area contributed by atoms with Crippen LogP contribution < -0.4 is 14.9 Å². The van der Waals surface area contributed by atoms with Crippen molar-refractivity contribution >= 4 is 39.3 Å². The van der Waals surface area contributed by atoms with Gasteiger partial charge in [0.25, 0.3) is 16.5 Å². The largest absolute Gasteiger partial charge is 0.483 e. The van der Waals surface area contributed by atoms with E-state index < -0.39 is 10.0 Å². The molecule has 2 aromatic rings. The molecule has 9 nitrogen and oxygen atoms in total. The fourth-order valence-electron chi connectivity index (χ4n) is 2.67. The van der Waals surface area contributed by atoms with Crippen LogP contribution >= 0.6 is 11.3 Å². The second-order valence-electron chi connectivity index (χ2n) is 5.60. The van der Waals surface area contributed by atoms with Gasteiger partial charge in [-0.15, -0.1) is 11.3 Å². The molecule has 0 radical (unpaired) electrons. The molecule has 3 rings (SSSR count). The van der Waals surface area contributed by atoms with Crippen molar-refractivity contribution in [3.05, 3.63) is 28.7 Å². The lowest BCUT2D eigenvalue weighted by molar-refractivity contribution is -0.122. The summed E-state index contributed by atoms with van der Waals surface area (Å²) < 4.78 is 27.1. The summed E-state index contributed by atoms with van der Waals surface area (Å²) in [6.07, 6.45) is 1.07. The third-order valence-corrected chi connectivity index (χ3v) is 5.78. The molecule has 1 fully saturated rings. The molecule has 1 saturated heterocycles. The van der Waals surface area contributed by atoms with E-state index in [1.807, 2.05) is 20.0 Å². The van der Waals surface area contributed by atoms with Crippen LogP contribution in [0.25, 0.3) is 0 Å². The minimum atomic E-state index is -3.72. The first kappa shape index (κ1) is 20.1. The highest BCUT2D eigenvalue weighted by atomic mass is 32.2. The Kier molecular flexibility index (Phi) is 6.89. The number of hydrogen-bond acceptors (Lipinski definition) is 8. The quantitative estimate of drug-likeness (QED) is 0.640. The van der Waals surface area contributed by atoms with Crippen molar-refractivity contribution in [2.75, 3.05) is 29.8 Å².